The Morgan fingerprint density at radius 3 is 2.70 bits per heavy atom. The minimum Gasteiger partial charge on any atom is -0.494 e. The Kier molecular flexibility index (Phi) is 6.31. The summed E-state index contributed by atoms with van der Waals surface area (Å²) in [6.45, 7) is 6.79. The standard InChI is InChI=1S/C26H33ClN2O/c27-21-8-4-7-20(17-21)25-19-29-15-5-9-26(29)24-18-22(10-11-23(24)25)30-16-6-14-28-12-2-1-3-13-28/h4,7-8,10-11,17-18,25-26H,1-3,5-6,9,12-16,19H2/t25-,26-/m0/s1. The maximum absolute atomic E-state index is 6.32. The SMILES string of the molecule is Clc1cccc([C@@H]2CN3CCC[C@H]3c3cc(OCCCN4CCCCC4)ccc32)c1. The summed E-state index contributed by atoms with van der Waals surface area (Å²) in [6.07, 6.45) is 7.77. The molecule has 4 heteroatoms. The van der Waals surface area contributed by atoms with Gasteiger partial charge >= 0.3 is 0 Å². The fourth-order valence-electron chi connectivity index (χ4n) is 5.65. The van der Waals surface area contributed by atoms with Crippen LogP contribution in [0.5, 0.6) is 5.75 Å². The average Bonchev–Trinajstić information content (AvgIpc) is 3.26. The second-order valence-electron chi connectivity index (χ2n) is 9.16. The van der Waals surface area contributed by atoms with Crippen LogP contribution in [0.2, 0.25) is 5.02 Å². The quantitative estimate of drug-likeness (QED) is 0.538. The number of fused-ring (bicyclic) bond motifs is 3. The zero-order chi connectivity index (χ0) is 20.3. The number of benzene rings is 2. The Labute approximate surface area is 186 Å². The van der Waals surface area contributed by atoms with E-state index in [0.29, 0.717) is 12.0 Å². The molecule has 0 amide bonds. The van der Waals surface area contributed by atoms with Gasteiger partial charge in [-0.05, 0) is 92.7 Å². The van der Waals surface area contributed by atoms with E-state index in [4.69, 9.17) is 16.3 Å². The number of nitrogens with zero attached hydrogens (tertiary/aromatic N) is 2. The molecule has 0 aromatic heterocycles. The van der Waals surface area contributed by atoms with Crippen LogP contribution in [0.4, 0.5) is 0 Å². The first-order chi connectivity index (χ1) is 14.8. The lowest BCUT2D eigenvalue weighted by atomic mass is 9.81. The molecule has 0 saturated carbocycles. The number of ether oxygens (including phenoxy) is 1. The van der Waals surface area contributed by atoms with E-state index in [2.05, 4.69) is 46.2 Å². The van der Waals surface area contributed by atoms with Crippen LogP contribution in [-0.2, 0) is 0 Å². The number of likely N-dealkylation sites (tertiary alicyclic amines) is 1. The third kappa shape index (κ3) is 4.39. The van der Waals surface area contributed by atoms with Crippen molar-refractivity contribution in [1.82, 2.24) is 9.80 Å². The van der Waals surface area contributed by atoms with Crippen molar-refractivity contribution in [2.24, 2.45) is 0 Å². The third-order valence-corrected chi connectivity index (χ3v) is 7.40. The Hall–Kier alpha value is -1.55. The highest BCUT2D eigenvalue weighted by molar-refractivity contribution is 6.30. The molecule has 0 aliphatic carbocycles. The zero-order valence-corrected chi connectivity index (χ0v) is 18.6. The number of piperidine rings is 1. The van der Waals surface area contributed by atoms with Crippen molar-refractivity contribution in [1.29, 1.82) is 0 Å². The van der Waals surface area contributed by atoms with Gasteiger partial charge in [-0.1, -0.05) is 36.2 Å². The highest BCUT2D eigenvalue weighted by Crippen LogP contribution is 2.45. The van der Waals surface area contributed by atoms with Gasteiger partial charge in [0.25, 0.3) is 0 Å². The highest BCUT2D eigenvalue weighted by atomic mass is 35.5. The van der Waals surface area contributed by atoms with E-state index in [9.17, 15) is 0 Å². The van der Waals surface area contributed by atoms with E-state index < -0.39 is 0 Å². The van der Waals surface area contributed by atoms with Gasteiger partial charge in [-0.3, -0.25) is 4.90 Å². The number of hydrogen-bond donors (Lipinski definition) is 0. The molecule has 5 rings (SSSR count). The van der Waals surface area contributed by atoms with Gasteiger partial charge < -0.3 is 9.64 Å². The highest BCUT2D eigenvalue weighted by Gasteiger charge is 2.36. The molecule has 2 fully saturated rings. The molecule has 0 bridgehead atoms. The van der Waals surface area contributed by atoms with Crippen molar-refractivity contribution in [3.05, 3.63) is 64.2 Å². The molecule has 0 radical (unpaired) electrons. The first-order valence-electron chi connectivity index (χ1n) is 11.8. The summed E-state index contributed by atoms with van der Waals surface area (Å²) in [5.41, 5.74) is 4.25. The molecule has 30 heavy (non-hydrogen) atoms. The molecule has 3 heterocycles. The Balaban J connectivity index is 1.30. The van der Waals surface area contributed by atoms with Crippen LogP contribution in [0, 0.1) is 0 Å². The van der Waals surface area contributed by atoms with Crippen LogP contribution in [-0.4, -0.2) is 49.1 Å². The van der Waals surface area contributed by atoms with Crippen molar-refractivity contribution in [2.75, 3.05) is 39.3 Å². The molecular weight excluding hydrogens is 392 g/mol. The molecule has 2 atom stereocenters. The second-order valence-corrected chi connectivity index (χ2v) is 9.59. The van der Waals surface area contributed by atoms with Gasteiger partial charge in [-0.25, -0.2) is 0 Å². The predicted octanol–water partition coefficient (Wildman–Crippen LogP) is 5.88. The maximum Gasteiger partial charge on any atom is 0.119 e. The maximum atomic E-state index is 6.32. The van der Waals surface area contributed by atoms with Gasteiger partial charge in [0.1, 0.15) is 5.75 Å². The lowest BCUT2D eigenvalue weighted by Gasteiger charge is -2.37. The summed E-state index contributed by atoms with van der Waals surface area (Å²) in [7, 11) is 0. The number of halogens is 1. The Morgan fingerprint density at radius 2 is 1.83 bits per heavy atom. The van der Waals surface area contributed by atoms with Crippen molar-refractivity contribution in [3.63, 3.8) is 0 Å². The van der Waals surface area contributed by atoms with Gasteiger partial charge in [-0.2, -0.15) is 0 Å². The number of hydrogen-bond acceptors (Lipinski definition) is 3. The summed E-state index contributed by atoms with van der Waals surface area (Å²) in [5, 5.41) is 0.825. The van der Waals surface area contributed by atoms with Crippen LogP contribution in [0.1, 0.15) is 67.2 Å². The minimum absolute atomic E-state index is 0.390. The molecule has 3 nitrogen and oxygen atoms in total. The van der Waals surface area contributed by atoms with Crippen molar-refractivity contribution >= 4 is 11.6 Å². The number of rotatable bonds is 6. The van der Waals surface area contributed by atoms with Crippen LogP contribution in [0.25, 0.3) is 0 Å². The van der Waals surface area contributed by atoms with Gasteiger partial charge in [0.2, 0.25) is 0 Å². The lowest BCUT2D eigenvalue weighted by molar-refractivity contribution is 0.204. The van der Waals surface area contributed by atoms with E-state index in [1.165, 1.54) is 68.4 Å². The molecule has 3 aliphatic heterocycles. The van der Waals surface area contributed by atoms with Crippen LogP contribution in [0.3, 0.4) is 0 Å². The van der Waals surface area contributed by atoms with Crippen LogP contribution >= 0.6 is 11.6 Å². The van der Waals surface area contributed by atoms with Gasteiger partial charge in [0.05, 0.1) is 6.61 Å². The topological polar surface area (TPSA) is 15.7 Å². The molecule has 2 saturated heterocycles. The summed E-state index contributed by atoms with van der Waals surface area (Å²) < 4.78 is 6.21. The largest absolute Gasteiger partial charge is 0.494 e. The van der Waals surface area contributed by atoms with Crippen molar-refractivity contribution < 1.29 is 4.74 Å². The summed E-state index contributed by atoms with van der Waals surface area (Å²) >= 11 is 6.32. The first kappa shape index (κ1) is 20.4. The van der Waals surface area contributed by atoms with Crippen molar-refractivity contribution in [2.45, 2.75) is 50.5 Å². The second kappa shape index (κ2) is 9.30. The third-order valence-electron chi connectivity index (χ3n) is 7.16. The van der Waals surface area contributed by atoms with E-state index in [0.717, 1.165) is 36.9 Å². The predicted molar refractivity (Wildman–Crippen MR) is 124 cm³/mol. The monoisotopic (exact) mass is 424 g/mol. The summed E-state index contributed by atoms with van der Waals surface area (Å²) in [5.74, 6) is 1.42. The molecule has 2 aromatic rings. The molecule has 0 spiro atoms. The molecule has 0 unspecified atom stereocenters. The van der Waals surface area contributed by atoms with Gasteiger partial charge in [-0.15, -0.1) is 0 Å². The normalized spacial score (nSPS) is 24.4. The van der Waals surface area contributed by atoms with Crippen LogP contribution in [0.15, 0.2) is 42.5 Å². The smallest absolute Gasteiger partial charge is 0.119 e. The molecule has 3 aliphatic rings. The van der Waals surface area contributed by atoms with Gasteiger partial charge in [0, 0.05) is 30.1 Å². The summed E-state index contributed by atoms with van der Waals surface area (Å²) in [6, 6.07) is 15.8. The summed E-state index contributed by atoms with van der Waals surface area (Å²) in [4.78, 5) is 5.25. The molecule has 0 N–H and O–H groups in total. The first-order valence-corrected chi connectivity index (χ1v) is 12.1. The fraction of sp³-hybridized carbons (Fsp3) is 0.538. The molecule has 2 aromatic carbocycles. The van der Waals surface area contributed by atoms with Gasteiger partial charge in [0.15, 0.2) is 0 Å². The lowest BCUT2D eigenvalue weighted by Crippen LogP contribution is -2.34. The zero-order valence-electron chi connectivity index (χ0n) is 17.9. The Morgan fingerprint density at radius 1 is 0.933 bits per heavy atom. The van der Waals surface area contributed by atoms with Crippen molar-refractivity contribution in [3.8, 4) is 5.75 Å². The van der Waals surface area contributed by atoms with E-state index in [1.54, 1.807) is 0 Å². The Bertz CT molecular complexity index is 864. The molecule has 160 valence electrons. The minimum atomic E-state index is 0.390. The fourth-order valence-corrected chi connectivity index (χ4v) is 5.85. The van der Waals surface area contributed by atoms with E-state index in [1.807, 2.05) is 6.07 Å². The van der Waals surface area contributed by atoms with E-state index in [-0.39, 0.29) is 0 Å². The molecular formula is C26H33ClN2O. The average molecular weight is 425 g/mol. The van der Waals surface area contributed by atoms with E-state index >= 15 is 0 Å². The van der Waals surface area contributed by atoms with Crippen LogP contribution < -0.4 is 4.74 Å².